The third-order valence-corrected chi connectivity index (χ3v) is 6.32. The number of amides is 2. The van der Waals surface area contributed by atoms with Gasteiger partial charge in [0.25, 0.3) is 0 Å². The molecule has 6 heteroatoms. The molecule has 0 saturated carbocycles. The van der Waals surface area contributed by atoms with Crippen LogP contribution in [0.4, 0.5) is 4.39 Å². The molecule has 1 unspecified atom stereocenters. The van der Waals surface area contributed by atoms with Crippen molar-refractivity contribution in [2.24, 2.45) is 5.92 Å². The highest BCUT2D eigenvalue weighted by Gasteiger charge is 2.36. The van der Waals surface area contributed by atoms with E-state index >= 15 is 0 Å². The quantitative estimate of drug-likeness (QED) is 0.699. The van der Waals surface area contributed by atoms with Gasteiger partial charge in [-0.1, -0.05) is 30.3 Å². The maximum Gasteiger partial charge on any atom is 0.226 e. The standard InChI is InChI=1S/C25H29FN2O3/c26-21-10-8-19(9-11-21)23-7-4-15-28(23)25(30)20-12-16-27(17-13-20)24(29)14-18-31-22-5-2-1-3-6-22/h1-3,5-6,8-11,20,23H,4,7,12-18H2. The van der Waals surface area contributed by atoms with Crippen LogP contribution in [0.2, 0.25) is 0 Å². The molecule has 2 aliphatic heterocycles. The first-order valence-electron chi connectivity index (χ1n) is 11.1. The predicted octanol–water partition coefficient (Wildman–Crippen LogP) is 4.20. The third kappa shape index (κ3) is 5.24. The van der Waals surface area contributed by atoms with E-state index in [1.807, 2.05) is 40.1 Å². The fraction of sp³-hybridized carbons (Fsp3) is 0.440. The average Bonchev–Trinajstić information content (AvgIpc) is 3.30. The lowest BCUT2D eigenvalue weighted by Crippen LogP contribution is -2.44. The number of likely N-dealkylation sites (tertiary alicyclic amines) is 2. The van der Waals surface area contributed by atoms with Gasteiger partial charge in [0, 0.05) is 25.6 Å². The Morgan fingerprint density at radius 3 is 2.35 bits per heavy atom. The Hall–Kier alpha value is -2.89. The molecule has 0 aliphatic carbocycles. The van der Waals surface area contributed by atoms with E-state index in [0.29, 0.717) is 39.0 Å². The maximum absolute atomic E-state index is 13.3. The molecule has 2 aromatic rings. The second-order valence-electron chi connectivity index (χ2n) is 8.31. The van der Waals surface area contributed by atoms with Crippen LogP contribution in [0.3, 0.4) is 0 Å². The summed E-state index contributed by atoms with van der Waals surface area (Å²) < 4.78 is 18.9. The summed E-state index contributed by atoms with van der Waals surface area (Å²) in [5.41, 5.74) is 0.998. The van der Waals surface area contributed by atoms with E-state index in [4.69, 9.17) is 4.74 Å². The summed E-state index contributed by atoms with van der Waals surface area (Å²) in [6, 6.07) is 16.0. The number of para-hydroxylation sites is 1. The monoisotopic (exact) mass is 424 g/mol. The van der Waals surface area contributed by atoms with Gasteiger partial charge in [0.2, 0.25) is 11.8 Å². The molecule has 2 aliphatic rings. The fourth-order valence-corrected chi connectivity index (χ4v) is 4.60. The van der Waals surface area contributed by atoms with Gasteiger partial charge in [-0.3, -0.25) is 9.59 Å². The molecule has 31 heavy (non-hydrogen) atoms. The molecule has 2 fully saturated rings. The SMILES string of the molecule is O=C(CCOc1ccccc1)N1CCC(C(=O)N2CCCC2c2ccc(F)cc2)CC1. The van der Waals surface area contributed by atoms with Crippen LogP contribution < -0.4 is 4.74 Å². The zero-order chi connectivity index (χ0) is 21.6. The summed E-state index contributed by atoms with van der Waals surface area (Å²) in [5.74, 6) is 0.705. The van der Waals surface area contributed by atoms with Crippen molar-refractivity contribution in [1.82, 2.24) is 9.80 Å². The van der Waals surface area contributed by atoms with Crippen LogP contribution in [0.1, 0.15) is 43.7 Å². The number of benzene rings is 2. The summed E-state index contributed by atoms with van der Waals surface area (Å²) in [7, 11) is 0. The molecular formula is C25H29FN2O3. The first-order valence-corrected chi connectivity index (χ1v) is 11.1. The number of nitrogens with zero attached hydrogens (tertiary/aromatic N) is 2. The number of hydrogen-bond acceptors (Lipinski definition) is 3. The average molecular weight is 425 g/mol. The normalized spacial score (nSPS) is 19.5. The first kappa shape index (κ1) is 21.3. The van der Waals surface area contributed by atoms with Gasteiger partial charge in [0.1, 0.15) is 11.6 Å². The van der Waals surface area contributed by atoms with Crippen LogP contribution in [0.5, 0.6) is 5.75 Å². The van der Waals surface area contributed by atoms with Gasteiger partial charge in [0.15, 0.2) is 0 Å². The zero-order valence-electron chi connectivity index (χ0n) is 17.7. The van der Waals surface area contributed by atoms with E-state index in [0.717, 1.165) is 30.7 Å². The molecule has 5 nitrogen and oxygen atoms in total. The summed E-state index contributed by atoms with van der Waals surface area (Å²) in [4.78, 5) is 29.5. The van der Waals surface area contributed by atoms with E-state index in [1.54, 1.807) is 12.1 Å². The van der Waals surface area contributed by atoms with Crippen LogP contribution in [0.25, 0.3) is 0 Å². The van der Waals surface area contributed by atoms with Crippen molar-refractivity contribution in [3.8, 4) is 5.75 Å². The summed E-state index contributed by atoms with van der Waals surface area (Å²) in [5, 5.41) is 0. The summed E-state index contributed by atoms with van der Waals surface area (Å²) >= 11 is 0. The van der Waals surface area contributed by atoms with Gasteiger partial charge >= 0.3 is 0 Å². The number of carbonyl (C=O) groups is 2. The van der Waals surface area contributed by atoms with Crippen LogP contribution in [-0.2, 0) is 9.59 Å². The topological polar surface area (TPSA) is 49.9 Å². The van der Waals surface area contributed by atoms with Crippen molar-refractivity contribution in [2.75, 3.05) is 26.2 Å². The number of carbonyl (C=O) groups excluding carboxylic acids is 2. The molecule has 2 amide bonds. The molecule has 2 saturated heterocycles. The molecule has 0 radical (unpaired) electrons. The van der Waals surface area contributed by atoms with E-state index in [-0.39, 0.29) is 29.6 Å². The summed E-state index contributed by atoms with van der Waals surface area (Å²) in [6.45, 7) is 2.32. The lowest BCUT2D eigenvalue weighted by Gasteiger charge is -2.35. The zero-order valence-corrected chi connectivity index (χ0v) is 17.7. The minimum absolute atomic E-state index is 0.0305. The van der Waals surface area contributed by atoms with Gasteiger partial charge in [-0.05, 0) is 55.5 Å². The van der Waals surface area contributed by atoms with Crippen molar-refractivity contribution in [3.63, 3.8) is 0 Å². The number of ether oxygens (including phenoxy) is 1. The van der Waals surface area contributed by atoms with E-state index in [9.17, 15) is 14.0 Å². The van der Waals surface area contributed by atoms with Crippen LogP contribution >= 0.6 is 0 Å². The second kappa shape index (κ2) is 9.94. The highest BCUT2D eigenvalue weighted by Crippen LogP contribution is 2.34. The van der Waals surface area contributed by atoms with Crippen molar-refractivity contribution in [1.29, 1.82) is 0 Å². The van der Waals surface area contributed by atoms with Crippen molar-refractivity contribution in [3.05, 3.63) is 66.0 Å². The molecule has 4 rings (SSSR count). The number of hydrogen-bond donors (Lipinski definition) is 0. The Balaban J connectivity index is 1.25. The van der Waals surface area contributed by atoms with E-state index < -0.39 is 0 Å². The lowest BCUT2D eigenvalue weighted by molar-refractivity contribution is -0.141. The van der Waals surface area contributed by atoms with Crippen molar-refractivity contribution < 1.29 is 18.7 Å². The molecular weight excluding hydrogens is 395 g/mol. The highest BCUT2D eigenvalue weighted by molar-refractivity contribution is 5.81. The molecule has 0 bridgehead atoms. The first-order chi connectivity index (χ1) is 15.1. The van der Waals surface area contributed by atoms with Crippen LogP contribution in [0.15, 0.2) is 54.6 Å². The summed E-state index contributed by atoms with van der Waals surface area (Å²) in [6.07, 6.45) is 3.60. The van der Waals surface area contributed by atoms with Gasteiger partial charge in [-0.25, -0.2) is 4.39 Å². The molecule has 1 atom stereocenters. The largest absolute Gasteiger partial charge is 0.493 e. The number of piperidine rings is 1. The molecule has 164 valence electrons. The smallest absolute Gasteiger partial charge is 0.226 e. The Morgan fingerprint density at radius 1 is 0.935 bits per heavy atom. The van der Waals surface area contributed by atoms with Crippen LogP contribution in [-0.4, -0.2) is 47.9 Å². The molecule has 2 aromatic carbocycles. The Bertz CT molecular complexity index is 879. The van der Waals surface area contributed by atoms with Crippen molar-refractivity contribution in [2.45, 2.75) is 38.1 Å². The lowest BCUT2D eigenvalue weighted by atomic mass is 9.94. The van der Waals surface area contributed by atoms with Gasteiger partial charge < -0.3 is 14.5 Å². The van der Waals surface area contributed by atoms with Crippen LogP contribution in [0, 0.1) is 11.7 Å². The van der Waals surface area contributed by atoms with Gasteiger partial charge in [-0.15, -0.1) is 0 Å². The highest BCUT2D eigenvalue weighted by atomic mass is 19.1. The third-order valence-electron chi connectivity index (χ3n) is 6.32. The predicted molar refractivity (Wildman–Crippen MR) is 116 cm³/mol. The maximum atomic E-state index is 13.3. The molecule has 0 N–H and O–H groups in total. The Morgan fingerprint density at radius 2 is 1.65 bits per heavy atom. The Kier molecular flexibility index (Phi) is 6.85. The van der Waals surface area contributed by atoms with Gasteiger partial charge in [-0.2, -0.15) is 0 Å². The fourth-order valence-electron chi connectivity index (χ4n) is 4.60. The van der Waals surface area contributed by atoms with Gasteiger partial charge in [0.05, 0.1) is 19.1 Å². The Labute approximate surface area is 182 Å². The minimum atomic E-state index is -0.258. The van der Waals surface area contributed by atoms with E-state index in [2.05, 4.69) is 0 Å². The molecule has 0 aromatic heterocycles. The van der Waals surface area contributed by atoms with E-state index in [1.165, 1.54) is 12.1 Å². The molecule has 0 spiro atoms. The molecule has 2 heterocycles. The number of rotatable bonds is 6. The number of halogens is 1. The minimum Gasteiger partial charge on any atom is -0.493 e. The second-order valence-corrected chi connectivity index (χ2v) is 8.31. The van der Waals surface area contributed by atoms with Crippen molar-refractivity contribution >= 4 is 11.8 Å².